The van der Waals surface area contributed by atoms with Crippen LogP contribution in [0.25, 0.3) is 0 Å². The summed E-state index contributed by atoms with van der Waals surface area (Å²) in [4.78, 5) is 36.8. The fraction of sp³-hybridized carbons (Fsp3) is 0.429. The first-order valence-corrected chi connectivity index (χ1v) is 9.24. The maximum atomic E-state index is 12.6. The third-order valence-electron chi connectivity index (χ3n) is 4.23. The van der Waals surface area contributed by atoms with Gasteiger partial charge in [-0.3, -0.25) is 9.59 Å². The van der Waals surface area contributed by atoms with E-state index in [-0.39, 0.29) is 29.1 Å². The second-order valence-electron chi connectivity index (χ2n) is 7.30. The quantitative estimate of drug-likeness (QED) is 0.567. The van der Waals surface area contributed by atoms with E-state index >= 15 is 0 Å². The number of nitrogens with one attached hydrogen (secondary N) is 1. The first-order chi connectivity index (χ1) is 13.1. The van der Waals surface area contributed by atoms with Crippen LogP contribution in [0.15, 0.2) is 28.8 Å². The Morgan fingerprint density at radius 1 is 1.04 bits per heavy atom. The van der Waals surface area contributed by atoms with Crippen LogP contribution >= 0.6 is 0 Å². The molecule has 1 N–H and O–H groups in total. The fourth-order valence-corrected chi connectivity index (χ4v) is 2.54. The Labute approximate surface area is 164 Å². The summed E-state index contributed by atoms with van der Waals surface area (Å²) >= 11 is 0. The zero-order valence-corrected chi connectivity index (χ0v) is 17.0. The lowest BCUT2D eigenvalue weighted by Crippen LogP contribution is -2.25. The van der Waals surface area contributed by atoms with Gasteiger partial charge in [0.15, 0.2) is 11.9 Å². The number of carbonyl (C=O) groups excluding carboxylic acids is 3. The average molecular weight is 386 g/mol. The monoisotopic (exact) mass is 386 g/mol. The second kappa shape index (κ2) is 8.82. The summed E-state index contributed by atoms with van der Waals surface area (Å²) < 4.78 is 10.5. The van der Waals surface area contributed by atoms with Crippen LogP contribution in [0.3, 0.4) is 0 Å². The third kappa shape index (κ3) is 4.85. The Kier molecular flexibility index (Phi) is 6.72. The number of Topliss-reactive ketones (excluding diaryl/α,β-unsaturated/α-hetero) is 1. The standard InChI is InChI=1S/C21H26N2O5/c1-11(2)19-17(13(5)23-28-19)21(26)27-14(6)18(24)15-7-9-16(10-8-15)22-20(25)12(3)4/h7-12,14H,1-6H3,(H,22,25)/t14-/m0/s1. The van der Waals surface area contributed by atoms with Gasteiger partial charge in [0.05, 0.1) is 5.69 Å². The van der Waals surface area contributed by atoms with Gasteiger partial charge in [-0.1, -0.05) is 32.9 Å². The predicted molar refractivity (Wildman–Crippen MR) is 104 cm³/mol. The van der Waals surface area contributed by atoms with Gasteiger partial charge in [-0.25, -0.2) is 4.79 Å². The number of hydrogen-bond donors (Lipinski definition) is 1. The number of carbonyl (C=O) groups is 3. The molecule has 1 aromatic carbocycles. The minimum absolute atomic E-state index is 0.0386. The summed E-state index contributed by atoms with van der Waals surface area (Å²) in [5.74, 6) is -0.820. The van der Waals surface area contributed by atoms with Gasteiger partial charge >= 0.3 is 5.97 Å². The highest BCUT2D eigenvalue weighted by Gasteiger charge is 2.27. The summed E-state index contributed by atoms with van der Waals surface area (Å²) in [5.41, 5.74) is 1.68. The number of amides is 1. The van der Waals surface area contributed by atoms with E-state index < -0.39 is 12.1 Å². The lowest BCUT2D eigenvalue weighted by atomic mass is 10.0. The topological polar surface area (TPSA) is 98.5 Å². The fourth-order valence-electron chi connectivity index (χ4n) is 2.54. The number of aromatic nitrogens is 1. The van der Waals surface area contributed by atoms with Crippen LogP contribution in [0, 0.1) is 12.8 Å². The molecular formula is C21H26N2O5. The number of ether oxygens (including phenoxy) is 1. The maximum absolute atomic E-state index is 12.6. The molecule has 2 rings (SSSR count). The lowest BCUT2D eigenvalue weighted by Gasteiger charge is -2.13. The summed E-state index contributed by atoms with van der Waals surface area (Å²) in [5, 5.41) is 6.58. The van der Waals surface area contributed by atoms with Crippen molar-refractivity contribution in [3.63, 3.8) is 0 Å². The van der Waals surface area contributed by atoms with Gasteiger partial charge < -0.3 is 14.6 Å². The highest BCUT2D eigenvalue weighted by atomic mass is 16.5. The smallest absolute Gasteiger partial charge is 0.344 e. The minimum Gasteiger partial charge on any atom is -0.451 e. The Morgan fingerprint density at radius 3 is 2.18 bits per heavy atom. The van der Waals surface area contributed by atoms with E-state index in [1.807, 2.05) is 13.8 Å². The molecule has 7 heteroatoms. The van der Waals surface area contributed by atoms with Gasteiger partial charge in [-0.05, 0) is 38.1 Å². The molecule has 0 aliphatic heterocycles. The molecule has 0 saturated heterocycles. The van der Waals surface area contributed by atoms with E-state index in [9.17, 15) is 14.4 Å². The number of aryl methyl sites for hydroxylation is 1. The molecule has 0 radical (unpaired) electrons. The van der Waals surface area contributed by atoms with E-state index in [1.165, 1.54) is 6.92 Å². The van der Waals surface area contributed by atoms with Gasteiger partial charge in [0.1, 0.15) is 5.56 Å². The van der Waals surface area contributed by atoms with E-state index in [1.54, 1.807) is 45.0 Å². The van der Waals surface area contributed by atoms with Crippen LogP contribution in [0.4, 0.5) is 5.69 Å². The third-order valence-corrected chi connectivity index (χ3v) is 4.23. The molecule has 28 heavy (non-hydrogen) atoms. The van der Waals surface area contributed by atoms with Crippen LogP contribution in [0.1, 0.15) is 72.7 Å². The van der Waals surface area contributed by atoms with Gasteiger partial charge in [0.2, 0.25) is 11.7 Å². The maximum Gasteiger partial charge on any atom is 0.344 e. The number of rotatable bonds is 7. The average Bonchev–Trinajstić information content (AvgIpc) is 3.03. The molecule has 0 spiro atoms. The molecule has 1 heterocycles. The summed E-state index contributed by atoms with van der Waals surface area (Å²) in [7, 11) is 0. The Balaban J connectivity index is 2.07. The Hall–Kier alpha value is -2.96. The highest BCUT2D eigenvalue weighted by Crippen LogP contribution is 2.24. The van der Waals surface area contributed by atoms with Crippen LogP contribution in [-0.2, 0) is 9.53 Å². The largest absolute Gasteiger partial charge is 0.451 e. The SMILES string of the molecule is Cc1noc(C(C)C)c1C(=O)O[C@@H](C)C(=O)c1ccc(NC(=O)C(C)C)cc1. The van der Waals surface area contributed by atoms with Gasteiger partial charge in [-0.2, -0.15) is 0 Å². The van der Waals surface area contributed by atoms with Crippen molar-refractivity contribution in [3.8, 4) is 0 Å². The molecule has 2 aromatic rings. The van der Waals surface area contributed by atoms with Crippen molar-refractivity contribution in [2.75, 3.05) is 5.32 Å². The number of ketones is 1. The molecule has 7 nitrogen and oxygen atoms in total. The van der Waals surface area contributed by atoms with Gasteiger partial charge in [0, 0.05) is 23.1 Å². The number of anilines is 1. The van der Waals surface area contributed by atoms with Crippen molar-refractivity contribution in [1.82, 2.24) is 5.16 Å². The Bertz CT molecular complexity index is 865. The molecule has 1 aromatic heterocycles. The van der Waals surface area contributed by atoms with Crippen molar-refractivity contribution in [2.24, 2.45) is 5.92 Å². The summed E-state index contributed by atoms with van der Waals surface area (Å²) in [6, 6.07) is 6.46. The molecule has 0 fully saturated rings. The minimum atomic E-state index is -0.974. The van der Waals surface area contributed by atoms with Crippen LogP contribution in [0.2, 0.25) is 0 Å². The van der Waals surface area contributed by atoms with Gasteiger partial charge in [0.25, 0.3) is 0 Å². The molecule has 1 amide bonds. The zero-order valence-electron chi connectivity index (χ0n) is 17.0. The predicted octanol–water partition coefficient (Wildman–Crippen LogP) is 4.13. The molecule has 0 saturated carbocycles. The molecule has 0 aliphatic rings. The second-order valence-corrected chi connectivity index (χ2v) is 7.30. The molecular weight excluding hydrogens is 360 g/mol. The number of nitrogens with zero attached hydrogens (tertiary/aromatic N) is 1. The summed E-state index contributed by atoms with van der Waals surface area (Å²) in [6.45, 7) is 10.5. The molecule has 150 valence electrons. The molecule has 1 atom stereocenters. The van der Waals surface area contributed by atoms with Gasteiger partial charge in [-0.15, -0.1) is 0 Å². The normalized spacial score (nSPS) is 12.1. The van der Waals surface area contributed by atoms with E-state index in [0.29, 0.717) is 22.7 Å². The first-order valence-electron chi connectivity index (χ1n) is 9.24. The number of benzene rings is 1. The van der Waals surface area contributed by atoms with E-state index in [4.69, 9.17) is 9.26 Å². The molecule has 0 aliphatic carbocycles. The zero-order chi connectivity index (χ0) is 21.0. The Morgan fingerprint density at radius 2 is 1.64 bits per heavy atom. The van der Waals surface area contributed by atoms with Crippen LogP contribution < -0.4 is 5.32 Å². The summed E-state index contributed by atoms with van der Waals surface area (Å²) in [6.07, 6.45) is -0.974. The molecule has 0 bridgehead atoms. The van der Waals surface area contributed by atoms with Crippen LogP contribution in [0.5, 0.6) is 0 Å². The van der Waals surface area contributed by atoms with Crippen LogP contribution in [-0.4, -0.2) is 28.9 Å². The van der Waals surface area contributed by atoms with Crippen molar-refractivity contribution in [3.05, 3.63) is 46.8 Å². The van der Waals surface area contributed by atoms with Crippen molar-refractivity contribution in [2.45, 2.75) is 53.6 Å². The number of hydrogen-bond acceptors (Lipinski definition) is 6. The van der Waals surface area contributed by atoms with E-state index in [0.717, 1.165) is 0 Å². The molecule has 0 unspecified atom stereocenters. The lowest BCUT2D eigenvalue weighted by molar-refractivity contribution is -0.118. The highest BCUT2D eigenvalue weighted by molar-refractivity contribution is 6.02. The van der Waals surface area contributed by atoms with E-state index in [2.05, 4.69) is 10.5 Å². The number of esters is 1. The van der Waals surface area contributed by atoms with Crippen molar-refractivity contribution < 1.29 is 23.6 Å². The first kappa shape index (κ1) is 21.3. The van der Waals surface area contributed by atoms with Crippen molar-refractivity contribution >= 4 is 23.3 Å². The van der Waals surface area contributed by atoms with Crippen molar-refractivity contribution in [1.29, 1.82) is 0 Å².